The average molecular weight is 370 g/mol. The summed E-state index contributed by atoms with van der Waals surface area (Å²) in [4.78, 5) is 2.66. The topological polar surface area (TPSA) is 62.4 Å². The van der Waals surface area contributed by atoms with Gasteiger partial charge in [0.2, 0.25) is 0 Å². The SMILES string of the molecule is COc1cccc(-c2[nH]ncc2CNC[C@H]([C@H]2CCOC2)N2CCCC2)c1. The van der Waals surface area contributed by atoms with Gasteiger partial charge in [0.25, 0.3) is 0 Å². The number of H-pyrrole nitrogens is 1. The molecular formula is C21H30N4O2. The predicted molar refractivity (Wildman–Crippen MR) is 106 cm³/mol. The summed E-state index contributed by atoms with van der Waals surface area (Å²) in [5.74, 6) is 1.51. The highest BCUT2D eigenvalue weighted by atomic mass is 16.5. The maximum Gasteiger partial charge on any atom is 0.119 e. The summed E-state index contributed by atoms with van der Waals surface area (Å²) in [6.45, 7) is 6.07. The first kappa shape index (κ1) is 18.5. The molecule has 0 bridgehead atoms. The molecule has 3 heterocycles. The molecule has 1 aromatic carbocycles. The van der Waals surface area contributed by atoms with Gasteiger partial charge in [0, 0.05) is 42.8 Å². The lowest BCUT2D eigenvalue weighted by Gasteiger charge is -2.32. The van der Waals surface area contributed by atoms with Gasteiger partial charge >= 0.3 is 0 Å². The van der Waals surface area contributed by atoms with Crippen LogP contribution in [0.1, 0.15) is 24.8 Å². The molecule has 2 aromatic rings. The van der Waals surface area contributed by atoms with Crippen molar-refractivity contribution in [2.24, 2.45) is 5.92 Å². The van der Waals surface area contributed by atoms with Crippen LogP contribution in [-0.4, -0.2) is 61.1 Å². The van der Waals surface area contributed by atoms with Crippen molar-refractivity contribution in [3.63, 3.8) is 0 Å². The summed E-state index contributed by atoms with van der Waals surface area (Å²) in [5.41, 5.74) is 3.35. The zero-order valence-corrected chi connectivity index (χ0v) is 16.1. The highest BCUT2D eigenvalue weighted by Gasteiger charge is 2.31. The largest absolute Gasteiger partial charge is 0.497 e. The van der Waals surface area contributed by atoms with Gasteiger partial charge in [-0.1, -0.05) is 12.1 Å². The monoisotopic (exact) mass is 370 g/mol. The van der Waals surface area contributed by atoms with E-state index in [1.165, 1.54) is 37.9 Å². The smallest absolute Gasteiger partial charge is 0.119 e. The first-order valence-electron chi connectivity index (χ1n) is 10.0. The minimum Gasteiger partial charge on any atom is -0.497 e. The van der Waals surface area contributed by atoms with Crippen LogP contribution in [0.5, 0.6) is 5.75 Å². The number of nitrogens with zero attached hydrogens (tertiary/aromatic N) is 2. The molecule has 0 saturated carbocycles. The van der Waals surface area contributed by atoms with Crippen molar-refractivity contribution in [1.29, 1.82) is 0 Å². The molecule has 2 fully saturated rings. The number of hydrogen-bond acceptors (Lipinski definition) is 5. The highest BCUT2D eigenvalue weighted by molar-refractivity contribution is 5.64. The Labute approximate surface area is 161 Å². The zero-order chi connectivity index (χ0) is 18.5. The Bertz CT molecular complexity index is 704. The van der Waals surface area contributed by atoms with Gasteiger partial charge in [0.1, 0.15) is 5.75 Å². The Morgan fingerprint density at radius 3 is 3.04 bits per heavy atom. The van der Waals surface area contributed by atoms with E-state index >= 15 is 0 Å². The Hall–Kier alpha value is -1.89. The molecule has 0 spiro atoms. The Balaban J connectivity index is 1.40. The summed E-state index contributed by atoms with van der Waals surface area (Å²) in [5, 5.41) is 11.1. The number of methoxy groups -OCH3 is 1. The maximum absolute atomic E-state index is 5.67. The number of rotatable bonds is 8. The molecule has 2 atom stereocenters. The van der Waals surface area contributed by atoms with E-state index in [0.717, 1.165) is 43.3 Å². The van der Waals surface area contributed by atoms with Crippen LogP contribution in [-0.2, 0) is 11.3 Å². The van der Waals surface area contributed by atoms with E-state index < -0.39 is 0 Å². The predicted octanol–water partition coefficient (Wildman–Crippen LogP) is 2.68. The number of aromatic nitrogens is 2. The second-order valence-electron chi connectivity index (χ2n) is 7.57. The first-order chi connectivity index (χ1) is 13.3. The molecule has 1 aromatic heterocycles. The van der Waals surface area contributed by atoms with Crippen LogP contribution >= 0.6 is 0 Å². The molecule has 4 rings (SSSR count). The van der Waals surface area contributed by atoms with Gasteiger partial charge in [-0.2, -0.15) is 5.10 Å². The molecule has 0 aliphatic carbocycles. The molecule has 6 heteroatoms. The fourth-order valence-electron chi connectivity index (χ4n) is 4.35. The Morgan fingerprint density at radius 1 is 1.37 bits per heavy atom. The van der Waals surface area contributed by atoms with E-state index in [1.807, 2.05) is 24.4 Å². The van der Waals surface area contributed by atoms with Crippen molar-refractivity contribution in [1.82, 2.24) is 20.4 Å². The molecule has 2 aliphatic rings. The van der Waals surface area contributed by atoms with Crippen LogP contribution in [0.4, 0.5) is 0 Å². The van der Waals surface area contributed by atoms with Gasteiger partial charge in [0.05, 0.1) is 25.6 Å². The van der Waals surface area contributed by atoms with Crippen molar-refractivity contribution < 1.29 is 9.47 Å². The van der Waals surface area contributed by atoms with Gasteiger partial charge in [-0.3, -0.25) is 10.00 Å². The second-order valence-corrected chi connectivity index (χ2v) is 7.57. The number of aromatic amines is 1. The van der Waals surface area contributed by atoms with Gasteiger partial charge in [-0.05, 0) is 44.5 Å². The molecule has 2 saturated heterocycles. The minimum absolute atomic E-state index is 0.571. The molecule has 6 nitrogen and oxygen atoms in total. The molecule has 27 heavy (non-hydrogen) atoms. The number of ether oxygens (including phenoxy) is 2. The van der Waals surface area contributed by atoms with Crippen LogP contribution in [0.2, 0.25) is 0 Å². The molecule has 0 unspecified atom stereocenters. The van der Waals surface area contributed by atoms with Crippen LogP contribution in [0.15, 0.2) is 30.5 Å². The van der Waals surface area contributed by atoms with E-state index in [4.69, 9.17) is 9.47 Å². The van der Waals surface area contributed by atoms with Crippen LogP contribution in [0.25, 0.3) is 11.3 Å². The standard InChI is InChI=1S/C21H30N4O2/c1-26-19-6-4-5-16(11-19)21-18(13-23-24-21)12-22-14-20(17-7-10-27-15-17)25-8-2-3-9-25/h4-6,11,13,17,20,22H,2-3,7-10,12,14-15H2,1H3,(H,23,24)/t17-,20+/m0/s1. The lowest BCUT2D eigenvalue weighted by atomic mass is 9.97. The Morgan fingerprint density at radius 2 is 2.26 bits per heavy atom. The summed E-state index contributed by atoms with van der Waals surface area (Å²) in [6.07, 6.45) is 5.76. The summed E-state index contributed by atoms with van der Waals surface area (Å²) < 4.78 is 11.0. The number of hydrogen-bond donors (Lipinski definition) is 2. The lowest BCUT2D eigenvalue weighted by Crippen LogP contribution is -2.45. The van der Waals surface area contributed by atoms with E-state index in [-0.39, 0.29) is 0 Å². The number of likely N-dealkylation sites (tertiary alicyclic amines) is 1. The van der Waals surface area contributed by atoms with Gasteiger partial charge in [-0.15, -0.1) is 0 Å². The fourth-order valence-corrected chi connectivity index (χ4v) is 4.35. The summed E-state index contributed by atoms with van der Waals surface area (Å²) in [7, 11) is 1.69. The minimum atomic E-state index is 0.571. The lowest BCUT2D eigenvalue weighted by molar-refractivity contribution is 0.134. The Kier molecular flexibility index (Phi) is 6.07. The fraction of sp³-hybridized carbons (Fsp3) is 0.571. The molecule has 0 amide bonds. The average Bonchev–Trinajstić information content (AvgIpc) is 3.48. The second kappa shape index (κ2) is 8.87. The first-order valence-corrected chi connectivity index (χ1v) is 10.0. The van der Waals surface area contributed by atoms with E-state index in [0.29, 0.717) is 12.0 Å². The number of benzene rings is 1. The third-order valence-corrected chi connectivity index (χ3v) is 5.86. The normalized spacial score (nSPS) is 21.6. The molecule has 2 aliphatic heterocycles. The highest BCUT2D eigenvalue weighted by Crippen LogP contribution is 2.26. The zero-order valence-electron chi connectivity index (χ0n) is 16.1. The van der Waals surface area contributed by atoms with Gasteiger partial charge in [0.15, 0.2) is 0 Å². The summed E-state index contributed by atoms with van der Waals surface area (Å²) >= 11 is 0. The van der Waals surface area contributed by atoms with E-state index in [9.17, 15) is 0 Å². The van der Waals surface area contributed by atoms with Crippen molar-refractivity contribution >= 4 is 0 Å². The van der Waals surface area contributed by atoms with Crippen molar-refractivity contribution in [2.45, 2.75) is 31.8 Å². The summed E-state index contributed by atoms with van der Waals surface area (Å²) in [6, 6.07) is 8.67. The van der Waals surface area contributed by atoms with Crippen LogP contribution < -0.4 is 10.1 Å². The van der Waals surface area contributed by atoms with Crippen molar-refractivity contribution in [2.75, 3.05) is 40.0 Å². The van der Waals surface area contributed by atoms with Gasteiger partial charge in [-0.25, -0.2) is 0 Å². The number of nitrogens with one attached hydrogen (secondary N) is 2. The van der Waals surface area contributed by atoms with E-state index in [2.05, 4.69) is 26.5 Å². The third kappa shape index (κ3) is 4.34. The maximum atomic E-state index is 5.67. The van der Waals surface area contributed by atoms with Crippen molar-refractivity contribution in [3.8, 4) is 17.0 Å². The molecular weight excluding hydrogens is 340 g/mol. The van der Waals surface area contributed by atoms with Gasteiger partial charge < -0.3 is 14.8 Å². The molecule has 2 N–H and O–H groups in total. The van der Waals surface area contributed by atoms with E-state index in [1.54, 1.807) is 7.11 Å². The molecule has 146 valence electrons. The third-order valence-electron chi connectivity index (χ3n) is 5.86. The molecule has 0 radical (unpaired) electrons. The van der Waals surface area contributed by atoms with Crippen LogP contribution in [0.3, 0.4) is 0 Å². The van der Waals surface area contributed by atoms with Crippen molar-refractivity contribution in [3.05, 3.63) is 36.0 Å². The van der Waals surface area contributed by atoms with Crippen LogP contribution in [0, 0.1) is 5.92 Å². The quantitative estimate of drug-likeness (QED) is 0.748.